The number of carbonyl (C=O) groups is 1. The van der Waals surface area contributed by atoms with Gasteiger partial charge in [0, 0.05) is 19.6 Å². The molecule has 0 heterocycles. The van der Waals surface area contributed by atoms with Crippen LogP contribution in [-0.2, 0) is 14.3 Å². The minimum absolute atomic E-state index is 0.266. The van der Waals surface area contributed by atoms with Crippen molar-refractivity contribution in [2.24, 2.45) is 10.8 Å². The number of rotatable bonds is 9. The maximum Gasteiger partial charge on any atom is 0.129 e. The number of hydrogen-bond donors (Lipinski definition) is 0. The van der Waals surface area contributed by atoms with Gasteiger partial charge in [-0.25, -0.2) is 0 Å². The fourth-order valence-corrected chi connectivity index (χ4v) is 3.80. The Labute approximate surface area is 123 Å². The molecule has 3 saturated carbocycles. The van der Waals surface area contributed by atoms with E-state index in [-0.39, 0.29) is 5.78 Å². The average molecular weight is 282 g/mol. The molecule has 3 fully saturated rings. The van der Waals surface area contributed by atoms with Crippen LogP contribution in [-0.4, -0.2) is 32.2 Å². The molecule has 20 heavy (non-hydrogen) atoms. The first kappa shape index (κ1) is 16.0. The average Bonchev–Trinajstić information content (AvgIpc) is 2.47. The first-order valence-corrected chi connectivity index (χ1v) is 8.25. The minimum atomic E-state index is 0.266. The molecule has 3 heteroatoms. The summed E-state index contributed by atoms with van der Waals surface area (Å²) in [7, 11) is 0. The molecular formula is C17H30O3. The summed E-state index contributed by atoms with van der Waals surface area (Å²) in [6.07, 6.45) is 9.36. The lowest BCUT2D eigenvalue weighted by molar-refractivity contribution is -0.117. The highest BCUT2D eigenvalue weighted by Crippen LogP contribution is 2.56. The van der Waals surface area contributed by atoms with Gasteiger partial charge in [0.2, 0.25) is 0 Å². The van der Waals surface area contributed by atoms with Crippen LogP contribution in [0.4, 0.5) is 0 Å². The van der Waals surface area contributed by atoms with Crippen molar-refractivity contribution in [2.75, 3.05) is 26.4 Å². The zero-order chi connectivity index (χ0) is 14.5. The van der Waals surface area contributed by atoms with E-state index >= 15 is 0 Å². The summed E-state index contributed by atoms with van der Waals surface area (Å²) >= 11 is 0. The molecule has 3 aliphatic rings. The van der Waals surface area contributed by atoms with Crippen molar-refractivity contribution in [3.63, 3.8) is 0 Å². The van der Waals surface area contributed by atoms with E-state index in [0.29, 0.717) is 17.3 Å². The van der Waals surface area contributed by atoms with Crippen molar-refractivity contribution in [2.45, 2.75) is 65.2 Å². The summed E-state index contributed by atoms with van der Waals surface area (Å²) in [5.41, 5.74) is 0.913. The first-order chi connectivity index (χ1) is 9.60. The SMILES string of the molecule is CCOCC12CCC(COCCCC(C)=O)(CC1)CC2. The van der Waals surface area contributed by atoms with Crippen LogP contribution >= 0.6 is 0 Å². The van der Waals surface area contributed by atoms with E-state index in [2.05, 4.69) is 6.92 Å². The Morgan fingerprint density at radius 3 is 1.90 bits per heavy atom. The third-order valence-corrected chi connectivity index (χ3v) is 5.40. The lowest BCUT2D eigenvalue weighted by Crippen LogP contribution is -2.46. The van der Waals surface area contributed by atoms with Crippen LogP contribution in [0.2, 0.25) is 0 Å². The van der Waals surface area contributed by atoms with Crippen molar-refractivity contribution < 1.29 is 14.3 Å². The number of fused-ring (bicyclic) bond motifs is 3. The molecule has 0 aromatic rings. The summed E-state index contributed by atoms with van der Waals surface area (Å²) in [4.78, 5) is 10.9. The second kappa shape index (κ2) is 7.04. The molecule has 3 rings (SSSR count). The van der Waals surface area contributed by atoms with E-state index in [4.69, 9.17) is 9.47 Å². The van der Waals surface area contributed by atoms with E-state index in [9.17, 15) is 4.79 Å². The van der Waals surface area contributed by atoms with E-state index in [1.165, 1.54) is 38.5 Å². The number of hydrogen-bond acceptors (Lipinski definition) is 3. The van der Waals surface area contributed by atoms with Crippen molar-refractivity contribution in [3.05, 3.63) is 0 Å². The minimum Gasteiger partial charge on any atom is -0.381 e. The fraction of sp³-hybridized carbons (Fsp3) is 0.941. The predicted molar refractivity (Wildman–Crippen MR) is 79.8 cm³/mol. The Bertz CT molecular complexity index is 300. The maximum atomic E-state index is 10.9. The monoisotopic (exact) mass is 282 g/mol. The Morgan fingerprint density at radius 1 is 0.950 bits per heavy atom. The van der Waals surface area contributed by atoms with Crippen molar-refractivity contribution >= 4 is 5.78 Å². The summed E-state index contributed by atoms with van der Waals surface area (Å²) in [6.45, 7) is 7.17. The van der Waals surface area contributed by atoms with E-state index in [1.807, 2.05) is 0 Å². The van der Waals surface area contributed by atoms with Crippen LogP contribution in [0.3, 0.4) is 0 Å². The van der Waals surface area contributed by atoms with Gasteiger partial charge in [-0.05, 0) is 69.6 Å². The second-order valence-corrected chi connectivity index (χ2v) is 7.00. The highest BCUT2D eigenvalue weighted by atomic mass is 16.5. The molecule has 0 spiro atoms. The fourth-order valence-electron chi connectivity index (χ4n) is 3.80. The van der Waals surface area contributed by atoms with Crippen LogP contribution in [0.5, 0.6) is 0 Å². The number of Topliss-reactive ketones (excluding diaryl/α,β-unsaturated/α-hetero) is 1. The second-order valence-electron chi connectivity index (χ2n) is 7.00. The van der Waals surface area contributed by atoms with Crippen LogP contribution < -0.4 is 0 Å². The first-order valence-electron chi connectivity index (χ1n) is 8.25. The standard InChI is InChI=1S/C17H30O3/c1-3-19-13-16-6-9-17(10-7-16,11-8-16)14-20-12-4-5-15(2)18/h3-14H2,1-2H3. The molecule has 116 valence electrons. The number of ether oxygens (including phenoxy) is 2. The van der Waals surface area contributed by atoms with Gasteiger partial charge >= 0.3 is 0 Å². The molecule has 0 atom stereocenters. The van der Waals surface area contributed by atoms with Gasteiger partial charge in [0.05, 0.1) is 13.2 Å². The highest BCUT2D eigenvalue weighted by molar-refractivity contribution is 5.75. The molecule has 0 aromatic carbocycles. The van der Waals surface area contributed by atoms with Crippen LogP contribution in [0, 0.1) is 10.8 Å². The summed E-state index contributed by atoms with van der Waals surface area (Å²) in [6, 6.07) is 0. The Kier molecular flexibility index (Phi) is 5.62. The van der Waals surface area contributed by atoms with Crippen molar-refractivity contribution in [1.29, 1.82) is 0 Å². The molecule has 0 unspecified atom stereocenters. The number of carbonyl (C=O) groups excluding carboxylic acids is 1. The molecule has 3 nitrogen and oxygen atoms in total. The molecule has 3 aliphatic carbocycles. The van der Waals surface area contributed by atoms with Gasteiger partial charge in [-0.2, -0.15) is 0 Å². The predicted octanol–water partition coefficient (Wildman–Crippen LogP) is 3.75. The Morgan fingerprint density at radius 2 is 1.45 bits per heavy atom. The Balaban J connectivity index is 1.69. The van der Waals surface area contributed by atoms with Gasteiger partial charge < -0.3 is 14.3 Å². The van der Waals surface area contributed by atoms with Gasteiger partial charge in [0.15, 0.2) is 0 Å². The molecule has 0 N–H and O–H groups in total. The van der Waals surface area contributed by atoms with Crippen molar-refractivity contribution in [3.8, 4) is 0 Å². The van der Waals surface area contributed by atoms with E-state index < -0.39 is 0 Å². The van der Waals surface area contributed by atoms with E-state index in [0.717, 1.165) is 32.8 Å². The van der Waals surface area contributed by atoms with Crippen molar-refractivity contribution in [1.82, 2.24) is 0 Å². The smallest absolute Gasteiger partial charge is 0.129 e. The third kappa shape index (κ3) is 4.05. The summed E-state index contributed by atoms with van der Waals surface area (Å²) in [5.74, 6) is 0.266. The van der Waals surface area contributed by atoms with Gasteiger partial charge in [-0.3, -0.25) is 0 Å². The Hall–Kier alpha value is -0.410. The van der Waals surface area contributed by atoms with E-state index in [1.54, 1.807) is 6.92 Å². The topological polar surface area (TPSA) is 35.5 Å². The molecular weight excluding hydrogens is 252 g/mol. The molecule has 0 aliphatic heterocycles. The third-order valence-electron chi connectivity index (χ3n) is 5.40. The normalized spacial score (nSPS) is 32.5. The molecule has 0 aromatic heterocycles. The lowest BCUT2D eigenvalue weighted by atomic mass is 9.54. The highest BCUT2D eigenvalue weighted by Gasteiger charge is 2.48. The lowest BCUT2D eigenvalue weighted by Gasteiger charge is -2.53. The summed E-state index contributed by atoms with van der Waals surface area (Å²) < 4.78 is 11.6. The maximum absolute atomic E-state index is 10.9. The van der Waals surface area contributed by atoms with Gasteiger partial charge in [0.25, 0.3) is 0 Å². The molecule has 0 radical (unpaired) electrons. The van der Waals surface area contributed by atoms with Gasteiger partial charge in [-0.1, -0.05) is 0 Å². The van der Waals surface area contributed by atoms with Gasteiger partial charge in [0.1, 0.15) is 5.78 Å². The van der Waals surface area contributed by atoms with Crippen LogP contribution in [0.15, 0.2) is 0 Å². The van der Waals surface area contributed by atoms with Gasteiger partial charge in [-0.15, -0.1) is 0 Å². The quantitative estimate of drug-likeness (QED) is 0.604. The molecule has 0 saturated heterocycles. The largest absolute Gasteiger partial charge is 0.381 e. The van der Waals surface area contributed by atoms with Crippen LogP contribution in [0.1, 0.15) is 65.2 Å². The zero-order valence-electron chi connectivity index (χ0n) is 13.2. The summed E-state index contributed by atoms with van der Waals surface area (Å²) in [5, 5.41) is 0. The zero-order valence-corrected chi connectivity index (χ0v) is 13.2. The molecule has 0 amide bonds. The van der Waals surface area contributed by atoms with Crippen LogP contribution in [0.25, 0.3) is 0 Å². The molecule has 2 bridgehead atoms. The number of ketones is 1.